The number of anilines is 6. The van der Waals surface area contributed by atoms with E-state index in [4.69, 9.17) is 13.3 Å². The molecule has 0 fully saturated rings. The van der Waals surface area contributed by atoms with Gasteiger partial charge in [-0.3, -0.25) is 0 Å². The number of hydrogen-bond donors (Lipinski definition) is 0. The van der Waals surface area contributed by atoms with E-state index in [0.717, 1.165) is 99.9 Å². The van der Waals surface area contributed by atoms with Crippen LogP contribution in [-0.4, -0.2) is 0 Å². The molecule has 0 bridgehead atoms. The highest BCUT2D eigenvalue weighted by Crippen LogP contribution is 2.55. The molecule has 0 spiro atoms. The Morgan fingerprint density at radius 3 is 1.01 bits per heavy atom. The second kappa shape index (κ2) is 15.9. The SMILES string of the molecule is CC1(C)c2cc(N(c3ccccc3)c3ccc4c(c3)oc3cc5c(cc34)oc3cc4c(cc35)oc3cc(N(c5ccccc5)c5ccc6c(c5)C(C)(C)c5ccc7ccccc7c5-6)ccc34)ccc2-c2c1ccc1ccccc21. The molecule has 17 rings (SSSR count). The van der Waals surface area contributed by atoms with E-state index in [-0.39, 0.29) is 10.8 Å². The Morgan fingerprint density at radius 1 is 0.253 bits per heavy atom. The van der Waals surface area contributed by atoms with Crippen LogP contribution in [0.5, 0.6) is 0 Å². The Balaban J connectivity index is 0.744. The van der Waals surface area contributed by atoms with Gasteiger partial charge in [0.15, 0.2) is 0 Å². The topological polar surface area (TPSA) is 45.9 Å². The lowest BCUT2D eigenvalue weighted by Gasteiger charge is -2.28. The van der Waals surface area contributed by atoms with Crippen LogP contribution in [0.4, 0.5) is 34.1 Å². The van der Waals surface area contributed by atoms with Crippen molar-refractivity contribution >= 4 is 121 Å². The van der Waals surface area contributed by atoms with Gasteiger partial charge in [0.1, 0.15) is 33.5 Å². The number of nitrogens with zero attached hydrogens (tertiary/aromatic N) is 2. The molecule has 2 aliphatic rings. The van der Waals surface area contributed by atoms with Crippen LogP contribution in [-0.2, 0) is 10.8 Å². The Hall–Kier alpha value is -9.84. The molecule has 2 aliphatic carbocycles. The van der Waals surface area contributed by atoms with Crippen molar-refractivity contribution in [3.8, 4) is 22.3 Å². The number of hydrogen-bond acceptors (Lipinski definition) is 5. The summed E-state index contributed by atoms with van der Waals surface area (Å²) in [6, 6.07) is 83.7. The molecule has 3 heterocycles. The fraction of sp³-hybridized carbons (Fsp3) is 0.0811. The second-order valence-corrected chi connectivity index (χ2v) is 22.8. The smallest absolute Gasteiger partial charge is 0.137 e. The Morgan fingerprint density at radius 2 is 0.595 bits per heavy atom. The van der Waals surface area contributed by atoms with Crippen molar-refractivity contribution in [1.82, 2.24) is 0 Å². The predicted octanol–water partition coefficient (Wildman–Crippen LogP) is 21.2. The van der Waals surface area contributed by atoms with Gasteiger partial charge in [0, 0.05) is 89.4 Å². The van der Waals surface area contributed by atoms with E-state index in [9.17, 15) is 0 Å². The number of benzene rings is 12. The monoisotopic (exact) mass is 1010 g/mol. The third-order valence-corrected chi connectivity index (χ3v) is 17.8. The fourth-order valence-corrected chi connectivity index (χ4v) is 13.9. The first kappa shape index (κ1) is 44.3. The van der Waals surface area contributed by atoms with Crippen LogP contribution >= 0.6 is 0 Å². The van der Waals surface area contributed by atoms with Crippen molar-refractivity contribution in [2.75, 3.05) is 9.80 Å². The van der Waals surface area contributed by atoms with Gasteiger partial charge in [-0.15, -0.1) is 0 Å². The molecule has 0 amide bonds. The zero-order valence-corrected chi connectivity index (χ0v) is 44.1. The van der Waals surface area contributed by atoms with E-state index >= 15 is 0 Å². The lowest BCUT2D eigenvalue weighted by Crippen LogP contribution is -2.16. The minimum Gasteiger partial charge on any atom is -0.456 e. The van der Waals surface area contributed by atoms with Gasteiger partial charge in [-0.1, -0.05) is 149 Å². The van der Waals surface area contributed by atoms with Crippen molar-refractivity contribution in [2.45, 2.75) is 38.5 Å². The van der Waals surface area contributed by atoms with Crippen LogP contribution in [0.15, 0.2) is 244 Å². The first-order chi connectivity index (χ1) is 38.6. The van der Waals surface area contributed by atoms with E-state index in [2.05, 4.69) is 268 Å². The zero-order chi connectivity index (χ0) is 52.5. The molecule has 3 aromatic heterocycles. The quantitative estimate of drug-likeness (QED) is 0.166. The standard InChI is InChI=1S/C74H50N2O3/c1-73(2)61-33-23-43-15-11-13-21-51(43)71(61)55-31-27-47(35-63(55)73)75(45-17-7-5-8-18-45)49-25-29-53-57-39-69-59(41-67(57)77-65(53)37-49)60-42-68-58(40-70(60)79-69)54-30-26-50(38-66(54)78-68)76(46-19-9-6-10-20-46)48-28-32-56-64(36-48)74(3,4)62-34-24-44-16-12-14-22-52(44)72(56)62/h5-42H,1-4H3. The van der Waals surface area contributed by atoms with Crippen molar-refractivity contribution in [3.63, 3.8) is 0 Å². The molecule has 0 atom stereocenters. The first-order valence-corrected chi connectivity index (χ1v) is 27.4. The number of para-hydroxylation sites is 2. The van der Waals surface area contributed by atoms with Crippen LogP contribution in [0, 0.1) is 0 Å². The average molecular weight is 1020 g/mol. The second-order valence-electron chi connectivity index (χ2n) is 22.8. The van der Waals surface area contributed by atoms with Crippen LogP contribution in [0.3, 0.4) is 0 Å². The van der Waals surface area contributed by atoms with Crippen LogP contribution in [0.1, 0.15) is 49.9 Å². The van der Waals surface area contributed by atoms with Crippen LogP contribution in [0.2, 0.25) is 0 Å². The lowest BCUT2D eigenvalue weighted by atomic mass is 9.82. The molecular weight excluding hydrogens is 965 g/mol. The van der Waals surface area contributed by atoms with Gasteiger partial charge in [-0.2, -0.15) is 0 Å². The van der Waals surface area contributed by atoms with E-state index in [1.165, 1.54) is 66.1 Å². The summed E-state index contributed by atoms with van der Waals surface area (Å²) in [5.41, 5.74) is 21.6. The largest absolute Gasteiger partial charge is 0.456 e. The summed E-state index contributed by atoms with van der Waals surface area (Å²) >= 11 is 0. The maximum Gasteiger partial charge on any atom is 0.137 e. The summed E-state index contributed by atoms with van der Waals surface area (Å²) in [4.78, 5) is 4.69. The number of rotatable bonds is 6. The van der Waals surface area contributed by atoms with Crippen LogP contribution < -0.4 is 9.80 Å². The molecule has 5 nitrogen and oxygen atoms in total. The van der Waals surface area contributed by atoms with Crippen LogP contribution in [0.25, 0.3) is 110 Å². The molecule has 0 N–H and O–H groups in total. The molecule has 0 unspecified atom stereocenters. The Bertz CT molecular complexity index is 4780. The maximum atomic E-state index is 6.85. The molecule has 12 aromatic carbocycles. The summed E-state index contributed by atoms with van der Waals surface area (Å²) in [6.07, 6.45) is 0. The molecule has 79 heavy (non-hydrogen) atoms. The van der Waals surface area contributed by atoms with Crippen molar-refractivity contribution in [1.29, 1.82) is 0 Å². The minimum atomic E-state index is -0.173. The molecule has 0 saturated heterocycles. The van der Waals surface area contributed by atoms with Gasteiger partial charge in [-0.25, -0.2) is 0 Å². The summed E-state index contributed by atoms with van der Waals surface area (Å²) in [6.45, 7) is 9.42. The number of fused-ring (bicyclic) bond motifs is 19. The third kappa shape index (κ3) is 6.27. The number of furan rings is 3. The van der Waals surface area contributed by atoms with E-state index in [0.29, 0.717) is 0 Å². The van der Waals surface area contributed by atoms with E-state index in [1.54, 1.807) is 0 Å². The van der Waals surface area contributed by atoms with Crippen molar-refractivity contribution in [3.05, 3.63) is 253 Å². The van der Waals surface area contributed by atoms with Gasteiger partial charge in [-0.05, 0) is 163 Å². The molecule has 0 saturated carbocycles. The zero-order valence-electron chi connectivity index (χ0n) is 44.1. The van der Waals surface area contributed by atoms with E-state index in [1.807, 2.05) is 0 Å². The van der Waals surface area contributed by atoms with Crippen molar-refractivity contribution < 1.29 is 13.3 Å². The van der Waals surface area contributed by atoms with Gasteiger partial charge in [0.25, 0.3) is 0 Å². The van der Waals surface area contributed by atoms with Gasteiger partial charge in [0.05, 0.1) is 0 Å². The Labute approximate surface area is 455 Å². The fourth-order valence-electron chi connectivity index (χ4n) is 13.9. The maximum absolute atomic E-state index is 6.85. The summed E-state index contributed by atoms with van der Waals surface area (Å²) in [7, 11) is 0. The van der Waals surface area contributed by atoms with Gasteiger partial charge in [0.2, 0.25) is 0 Å². The molecule has 0 aliphatic heterocycles. The highest BCUT2D eigenvalue weighted by molar-refractivity contribution is 6.19. The average Bonchev–Trinajstić information content (AvgIpc) is 4.40. The predicted molar refractivity (Wildman–Crippen MR) is 328 cm³/mol. The van der Waals surface area contributed by atoms with Crippen molar-refractivity contribution in [2.24, 2.45) is 0 Å². The third-order valence-electron chi connectivity index (χ3n) is 17.8. The normalized spacial score (nSPS) is 14.0. The minimum absolute atomic E-state index is 0.173. The van der Waals surface area contributed by atoms with E-state index < -0.39 is 0 Å². The molecule has 0 radical (unpaired) electrons. The summed E-state index contributed by atoms with van der Waals surface area (Å²) in [5, 5.41) is 11.2. The summed E-state index contributed by atoms with van der Waals surface area (Å²) in [5.74, 6) is 0. The Kier molecular flexibility index (Phi) is 8.90. The lowest BCUT2D eigenvalue weighted by molar-refractivity contribution is 0.660. The highest BCUT2D eigenvalue weighted by atomic mass is 16.3. The van der Waals surface area contributed by atoms with Gasteiger partial charge >= 0.3 is 0 Å². The highest BCUT2D eigenvalue weighted by Gasteiger charge is 2.39. The molecule has 374 valence electrons. The van der Waals surface area contributed by atoms with Gasteiger partial charge < -0.3 is 23.1 Å². The summed E-state index contributed by atoms with van der Waals surface area (Å²) < 4.78 is 20.5. The first-order valence-electron chi connectivity index (χ1n) is 27.4. The molecule has 15 aromatic rings. The molecular formula is C74H50N2O3. The molecule has 5 heteroatoms.